The van der Waals surface area contributed by atoms with Crippen LogP contribution in [0.4, 0.5) is 0 Å². The summed E-state index contributed by atoms with van der Waals surface area (Å²) < 4.78 is 0. The topological polar surface area (TPSA) is 74.6 Å². The fourth-order valence-corrected chi connectivity index (χ4v) is 3.70. The monoisotopic (exact) mass is 340 g/mol. The van der Waals surface area contributed by atoms with Crippen molar-refractivity contribution < 1.29 is 19.8 Å². The highest BCUT2D eigenvalue weighted by molar-refractivity contribution is 7.14. The summed E-state index contributed by atoms with van der Waals surface area (Å²) in [6.07, 6.45) is 13.3. The molecule has 0 amide bonds. The van der Waals surface area contributed by atoms with Gasteiger partial charge < -0.3 is 10.2 Å². The van der Waals surface area contributed by atoms with Gasteiger partial charge in [-0.05, 0) is 18.9 Å². The largest absolute Gasteiger partial charge is 0.478 e. The first kappa shape index (κ1) is 19.7. The van der Waals surface area contributed by atoms with Crippen molar-refractivity contribution in [3.63, 3.8) is 0 Å². The van der Waals surface area contributed by atoms with Crippen LogP contribution < -0.4 is 0 Å². The highest BCUT2D eigenvalue weighted by Gasteiger charge is 2.20. The lowest BCUT2D eigenvalue weighted by atomic mass is 10.1. The number of thiophene rings is 1. The van der Waals surface area contributed by atoms with Gasteiger partial charge in [-0.1, -0.05) is 64.7 Å². The number of aromatic carboxylic acids is 2. The molecule has 0 radical (unpaired) electrons. The van der Waals surface area contributed by atoms with Crippen LogP contribution >= 0.6 is 11.3 Å². The number of carbonyl (C=O) groups is 2. The van der Waals surface area contributed by atoms with Crippen molar-refractivity contribution in [3.05, 3.63) is 21.4 Å². The van der Waals surface area contributed by atoms with Crippen LogP contribution in [0.2, 0.25) is 0 Å². The van der Waals surface area contributed by atoms with E-state index < -0.39 is 11.9 Å². The molecule has 0 aliphatic heterocycles. The summed E-state index contributed by atoms with van der Waals surface area (Å²) in [5, 5.41) is 18.0. The Balaban J connectivity index is 2.18. The number of carboxylic acid groups (broad SMARTS) is 2. The van der Waals surface area contributed by atoms with Gasteiger partial charge in [-0.3, -0.25) is 0 Å². The summed E-state index contributed by atoms with van der Waals surface area (Å²) in [6, 6.07) is 1.52. The van der Waals surface area contributed by atoms with E-state index in [1.54, 1.807) is 0 Å². The molecular formula is C18H28O4S. The van der Waals surface area contributed by atoms with E-state index in [1.807, 2.05) is 0 Å². The van der Waals surface area contributed by atoms with E-state index in [4.69, 9.17) is 10.2 Å². The molecule has 2 N–H and O–H groups in total. The lowest BCUT2D eigenvalue weighted by molar-refractivity contribution is 0.0656. The van der Waals surface area contributed by atoms with Gasteiger partial charge in [0.05, 0.1) is 5.56 Å². The Morgan fingerprint density at radius 1 is 0.870 bits per heavy atom. The van der Waals surface area contributed by atoms with Gasteiger partial charge in [-0.15, -0.1) is 11.3 Å². The molecule has 1 aromatic heterocycles. The standard InChI is InChI=1S/C18H28O4S/c1-2-3-4-5-6-7-8-9-10-11-12-14-13-15(17(19)20)16(23-14)18(21)22/h13H,2-12H2,1H3,(H,19,20)(H,21,22). The second kappa shape index (κ2) is 11.2. The van der Waals surface area contributed by atoms with E-state index in [-0.39, 0.29) is 10.4 Å². The molecule has 0 saturated heterocycles. The first-order valence-electron chi connectivity index (χ1n) is 8.65. The van der Waals surface area contributed by atoms with Gasteiger partial charge >= 0.3 is 11.9 Å². The third kappa shape index (κ3) is 7.64. The molecule has 0 unspecified atom stereocenters. The fraction of sp³-hybridized carbons (Fsp3) is 0.667. The molecule has 0 spiro atoms. The van der Waals surface area contributed by atoms with E-state index in [0.29, 0.717) is 0 Å². The summed E-state index contributed by atoms with van der Waals surface area (Å²) in [5.41, 5.74) is -0.0791. The lowest BCUT2D eigenvalue weighted by Gasteiger charge is -2.01. The summed E-state index contributed by atoms with van der Waals surface area (Å²) in [4.78, 5) is 22.9. The van der Waals surface area contributed by atoms with Crippen molar-refractivity contribution in [1.82, 2.24) is 0 Å². The number of unbranched alkanes of at least 4 members (excludes halogenated alkanes) is 9. The highest BCUT2D eigenvalue weighted by atomic mass is 32.1. The van der Waals surface area contributed by atoms with Crippen molar-refractivity contribution in [2.75, 3.05) is 0 Å². The second-order valence-corrected chi connectivity index (χ2v) is 7.13. The molecule has 0 aliphatic carbocycles. The quantitative estimate of drug-likeness (QED) is 0.458. The Hall–Kier alpha value is -1.36. The summed E-state index contributed by atoms with van der Waals surface area (Å²) in [5.74, 6) is -2.31. The number of aryl methyl sites for hydroxylation is 1. The van der Waals surface area contributed by atoms with E-state index >= 15 is 0 Å². The molecule has 1 rings (SSSR count). The zero-order valence-electron chi connectivity index (χ0n) is 14.0. The molecule has 1 heterocycles. The molecular weight excluding hydrogens is 312 g/mol. The zero-order valence-corrected chi connectivity index (χ0v) is 14.8. The fourth-order valence-electron chi connectivity index (χ4n) is 2.67. The van der Waals surface area contributed by atoms with Crippen LogP contribution in [0.1, 0.15) is 96.0 Å². The molecule has 0 saturated carbocycles. The Labute approximate surface area is 142 Å². The van der Waals surface area contributed by atoms with Crippen LogP contribution in [0.25, 0.3) is 0 Å². The molecule has 0 aliphatic rings. The van der Waals surface area contributed by atoms with Crippen molar-refractivity contribution in [2.45, 2.75) is 77.6 Å². The molecule has 0 aromatic carbocycles. The minimum Gasteiger partial charge on any atom is -0.478 e. The molecule has 130 valence electrons. The van der Waals surface area contributed by atoms with Crippen molar-refractivity contribution in [2.24, 2.45) is 0 Å². The third-order valence-corrected chi connectivity index (χ3v) is 5.17. The molecule has 23 heavy (non-hydrogen) atoms. The van der Waals surface area contributed by atoms with Gasteiger partial charge in [0.1, 0.15) is 4.88 Å². The summed E-state index contributed by atoms with van der Waals surface area (Å²) in [6.45, 7) is 2.23. The highest BCUT2D eigenvalue weighted by Crippen LogP contribution is 2.24. The van der Waals surface area contributed by atoms with Gasteiger partial charge in [0, 0.05) is 4.88 Å². The van der Waals surface area contributed by atoms with Crippen LogP contribution in [0.5, 0.6) is 0 Å². The normalized spacial score (nSPS) is 10.8. The first-order valence-corrected chi connectivity index (χ1v) is 9.47. The predicted octanol–water partition coefficient (Wildman–Crippen LogP) is 5.61. The average Bonchev–Trinajstić information content (AvgIpc) is 2.94. The van der Waals surface area contributed by atoms with Crippen LogP contribution in [0, 0.1) is 0 Å². The number of hydrogen-bond donors (Lipinski definition) is 2. The third-order valence-electron chi connectivity index (χ3n) is 3.98. The molecule has 1 aromatic rings. The minimum absolute atomic E-state index is 0.0559. The van der Waals surface area contributed by atoms with Crippen molar-refractivity contribution in [1.29, 1.82) is 0 Å². The maximum absolute atomic E-state index is 11.0. The van der Waals surface area contributed by atoms with Crippen LogP contribution in [0.15, 0.2) is 6.07 Å². The minimum atomic E-state index is -1.16. The number of rotatable bonds is 13. The first-order chi connectivity index (χ1) is 11.1. The smallest absolute Gasteiger partial charge is 0.346 e. The van der Waals surface area contributed by atoms with Crippen LogP contribution in [0.3, 0.4) is 0 Å². The maximum Gasteiger partial charge on any atom is 0.346 e. The Bertz CT molecular complexity index is 462. The lowest BCUT2D eigenvalue weighted by Crippen LogP contribution is -2.03. The van der Waals surface area contributed by atoms with Gasteiger partial charge in [0.2, 0.25) is 0 Å². The summed E-state index contributed by atoms with van der Waals surface area (Å²) in [7, 11) is 0. The van der Waals surface area contributed by atoms with Gasteiger partial charge in [0.25, 0.3) is 0 Å². The van der Waals surface area contributed by atoms with Crippen molar-refractivity contribution in [3.8, 4) is 0 Å². The second-order valence-electron chi connectivity index (χ2n) is 6.00. The molecule has 0 atom stereocenters. The van der Waals surface area contributed by atoms with Crippen LogP contribution in [-0.4, -0.2) is 22.2 Å². The Morgan fingerprint density at radius 2 is 1.39 bits per heavy atom. The predicted molar refractivity (Wildman–Crippen MR) is 93.8 cm³/mol. The zero-order chi connectivity index (χ0) is 17.1. The van der Waals surface area contributed by atoms with E-state index in [0.717, 1.165) is 35.5 Å². The van der Waals surface area contributed by atoms with E-state index in [2.05, 4.69) is 6.92 Å². The number of hydrogen-bond acceptors (Lipinski definition) is 3. The van der Waals surface area contributed by atoms with Gasteiger partial charge in [0.15, 0.2) is 0 Å². The number of carboxylic acids is 2. The van der Waals surface area contributed by atoms with Gasteiger partial charge in [-0.2, -0.15) is 0 Å². The van der Waals surface area contributed by atoms with E-state index in [9.17, 15) is 9.59 Å². The SMILES string of the molecule is CCCCCCCCCCCCc1cc(C(=O)O)c(C(=O)O)s1. The Kier molecular flexibility index (Phi) is 9.60. The summed E-state index contributed by atoms with van der Waals surface area (Å²) >= 11 is 1.10. The Morgan fingerprint density at radius 3 is 1.83 bits per heavy atom. The van der Waals surface area contributed by atoms with Gasteiger partial charge in [-0.25, -0.2) is 9.59 Å². The average molecular weight is 340 g/mol. The molecule has 4 nitrogen and oxygen atoms in total. The molecule has 0 fully saturated rings. The van der Waals surface area contributed by atoms with Crippen molar-refractivity contribution >= 4 is 23.3 Å². The molecule has 0 bridgehead atoms. The van der Waals surface area contributed by atoms with E-state index in [1.165, 1.54) is 57.4 Å². The van der Waals surface area contributed by atoms with Crippen LogP contribution in [-0.2, 0) is 6.42 Å². The maximum atomic E-state index is 11.0. The molecule has 5 heteroatoms.